The first kappa shape index (κ1) is 12.1. The molecule has 1 aromatic carbocycles. The number of halogens is 2. The molecule has 0 radical (unpaired) electrons. The Morgan fingerprint density at radius 2 is 2.12 bits per heavy atom. The summed E-state index contributed by atoms with van der Waals surface area (Å²) in [6.45, 7) is 1.60. The molecule has 0 amide bonds. The minimum Gasteiger partial charge on any atom is -0.308 e. The number of benzene rings is 1. The fraction of sp³-hybridized carbons (Fsp3) is 0.273. The molecule has 2 rings (SSSR count). The molecular weight excluding hydrogens is 244 g/mol. The van der Waals surface area contributed by atoms with Crippen molar-refractivity contribution in [2.75, 3.05) is 7.05 Å². The monoisotopic (exact) mass is 255 g/mol. The van der Waals surface area contributed by atoms with E-state index >= 15 is 0 Å². The van der Waals surface area contributed by atoms with Crippen LogP contribution in [0.2, 0.25) is 0 Å². The second-order valence-corrected chi connectivity index (χ2v) is 4.25. The largest absolute Gasteiger partial charge is 0.308 e. The average molecular weight is 255 g/mol. The molecule has 1 unspecified atom stereocenters. The average Bonchev–Trinajstić information content (AvgIpc) is 2.83. The van der Waals surface area contributed by atoms with Gasteiger partial charge < -0.3 is 5.32 Å². The second-order valence-electron chi connectivity index (χ2n) is 3.64. The van der Waals surface area contributed by atoms with Crippen LogP contribution in [0.3, 0.4) is 0 Å². The molecule has 0 aliphatic rings. The van der Waals surface area contributed by atoms with Gasteiger partial charge >= 0.3 is 0 Å². The van der Waals surface area contributed by atoms with Crippen LogP contribution in [-0.2, 0) is 0 Å². The third-order valence-corrected chi connectivity index (χ3v) is 3.09. The van der Waals surface area contributed by atoms with Crippen molar-refractivity contribution in [1.82, 2.24) is 14.9 Å². The molecular formula is C11H11F2N3S. The molecule has 0 spiro atoms. The van der Waals surface area contributed by atoms with E-state index in [1.54, 1.807) is 19.4 Å². The van der Waals surface area contributed by atoms with Crippen molar-refractivity contribution >= 4 is 11.5 Å². The summed E-state index contributed by atoms with van der Waals surface area (Å²) in [6.07, 6.45) is 0. The first-order valence-corrected chi connectivity index (χ1v) is 5.87. The van der Waals surface area contributed by atoms with E-state index in [1.807, 2.05) is 0 Å². The third kappa shape index (κ3) is 2.18. The summed E-state index contributed by atoms with van der Waals surface area (Å²) in [5.41, 5.74) is 0.908. The Kier molecular flexibility index (Phi) is 3.44. The summed E-state index contributed by atoms with van der Waals surface area (Å²) in [4.78, 5) is 0. The first-order chi connectivity index (χ1) is 8.15. The number of rotatable bonds is 3. The maximum absolute atomic E-state index is 14.0. The lowest BCUT2D eigenvalue weighted by Crippen LogP contribution is -2.21. The number of hydrogen-bond acceptors (Lipinski definition) is 4. The standard InChI is InChI=1S/C11H11F2N3S/c1-6-3-4-7(12)9(10(6)13)11(14-2)8-5-17-16-15-8/h3-5,11,14H,1-2H3. The highest BCUT2D eigenvalue weighted by atomic mass is 32.1. The quantitative estimate of drug-likeness (QED) is 0.915. The normalized spacial score (nSPS) is 12.7. The van der Waals surface area contributed by atoms with E-state index in [0.717, 1.165) is 11.5 Å². The summed E-state index contributed by atoms with van der Waals surface area (Å²) in [5, 5.41) is 8.37. The van der Waals surface area contributed by atoms with Gasteiger partial charge in [0, 0.05) is 10.9 Å². The van der Waals surface area contributed by atoms with Gasteiger partial charge in [0.1, 0.15) is 11.6 Å². The Hall–Kier alpha value is -1.40. The summed E-state index contributed by atoms with van der Waals surface area (Å²) < 4.78 is 31.4. The predicted molar refractivity (Wildman–Crippen MR) is 61.9 cm³/mol. The predicted octanol–water partition coefficient (Wildman–Crippen LogP) is 2.43. The highest BCUT2D eigenvalue weighted by Gasteiger charge is 2.23. The molecule has 0 saturated heterocycles. The minimum absolute atomic E-state index is 0.0137. The Labute approximate surface area is 102 Å². The van der Waals surface area contributed by atoms with Crippen LogP contribution in [0.4, 0.5) is 8.78 Å². The molecule has 0 aliphatic heterocycles. The minimum atomic E-state index is -0.617. The van der Waals surface area contributed by atoms with Crippen molar-refractivity contribution in [2.45, 2.75) is 13.0 Å². The van der Waals surface area contributed by atoms with Crippen molar-refractivity contribution in [3.63, 3.8) is 0 Å². The molecule has 6 heteroatoms. The highest BCUT2D eigenvalue weighted by molar-refractivity contribution is 7.03. The summed E-state index contributed by atoms with van der Waals surface area (Å²) >= 11 is 1.15. The van der Waals surface area contributed by atoms with Crippen LogP contribution in [0.15, 0.2) is 17.5 Å². The SMILES string of the molecule is CNC(c1csnn1)c1c(F)ccc(C)c1F. The van der Waals surface area contributed by atoms with Crippen LogP contribution >= 0.6 is 11.5 Å². The number of nitrogens with zero attached hydrogens (tertiary/aromatic N) is 2. The molecule has 0 fully saturated rings. The van der Waals surface area contributed by atoms with Gasteiger partial charge in [0.2, 0.25) is 0 Å². The number of aryl methyl sites for hydroxylation is 1. The number of hydrogen-bond donors (Lipinski definition) is 1. The van der Waals surface area contributed by atoms with Crippen LogP contribution in [0, 0.1) is 18.6 Å². The van der Waals surface area contributed by atoms with Crippen LogP contribution in [0.1, 0.15) is 22.9 Å². The van der Waals surface area contributed by atoms with E-state index in [-0.39, 0.29) is 5.56 Å². The van der Waals surface area contributed by atoms with E-state index in [1.165, 1.54) is 12.1 Å². The van der Waals surface area contributed by atoms with Crippen LogP contribution < -0.4 is 5.32 Å². The highest BCUT2D eigenvalue weighted by Crippen LogP contribution is 2.27. The molecule has 17 heavy (non-hydrogen) atoms. The van der Waals surface area contributed by atoms with Crippen molar-refractivity contribution in [2.24, 2.45) is 0 Å². The zero-order valence-electron chi connectivity index (χ0n) is 9.37. The fourth-order valence-corrected chi connectivity index (χ4v) is 2.16. The summed E-state index contributed by atoms with van der Waals surface area (Å²) in [7, 11) is 1.63. The molecule has 1 atom stereocenters. The van der Waals surface area contributed by atoms with Crippen LogP contribution in [-0.4, -0.2) is 16.6 Å². The van der Waals surface area contributed by atoms with Crippen molar-refractivity contribution < 1.29 is 8.78 Å². The van der Waals surface area contributed by atoms with Gasteiger partial charge in [-0.15, -0.1) is 5.10 Å². The molecule has 3 nitrogen and oxygen atoms in total. The van der Waals surface area contributed by atoms with Crippen LogP contribution in [0.5, 0.6) is 0 Å². The van der Waals surface area contributed by atoms with E-state index in [9.17, 15) is 8.78 Å². The molecule has 0 saturated carbocycles. The summed E-state index contributed by atoms with van der Waals surface area (Å²) in [5.74, 6) is -1.13. The number of nitrogens with one attached hydrogen (secondary N) is 1. The molecule has 0 aliphatic carbocycles. The molecule has 1 N–H and O–H groups in total. The lowest BCUT2D eigenvalue weighted by atomic mass is 10.0. The Bertz CT molecular complexity index is 514. The zero-order chi connectivity index (χ0) is 12.4. The molecule has 1 aromatic heterocycles. The van der Waals surface area contributed by atoms with E-state index in [0.29, 0.717) is 11.3 Å². The van der Waals surface area contributed by atoms with Gasteiger partial charge in [-0.1, -0.05) is 10.6 Å². The lowest BCUT2D eigenvalue weighted by Gasteiger charge is -2.16. The maximum atomic E-state index is 14.0. The zero-order valence-corrected chi connectivity index (χ0v) is 10.2. The van der Waals surface area contributed by atoms with Crippen LogP contribution in [0.25, 0.3) is 0 Å². The smallest absolute Gasteiger partial charge is 0.134 e. The molecule has 2 aromatic rings. The van der Waals surface area contributed by atoms with E-state index in [4.69, 9.17) is 0 Å². The molecule has 1 heterocycles. The van der Waals surface area contributed by atoms with Gasteiger partial charge in [-0.05, 0) is 37.1 Å². The Balaban J connectivity index is 2.55. The van der Waals surface area contributed by atoms with Crippen molar-refractivity contribution in [3.05, 3.63) is 46.0 Å². The fourth-order valence-electron chi connectivity index (χ4n) is 1.68. The Morgan fingerprint density at radius 1 is 1.35 bits per heavy atom. The van der Waals surface area contributed by atoms with E-state index < -0.39 is 17.7 Å². The van der Waals surface area contributed by atoms with Gasteiger partial charge in [0.15, 0.2) is 0 Å². The third-order valence-electron chi connectivity index (χ3n) is 2.57. The Morgan fingerprint density at radius 3 is 2.71 bits per heavy atom. The van der Waals surface area contributed by atoms with Gasteiger partial charge in [0.25, 0.3) is 0 Å². The topological polar surface area (TPSA) is 37.8 Å². The summed E-state index contributed by atoms with van der Waals surface area (Å²) in [6, 6.07) is 2.06. The van der Waals surface area contributed by atoms with Gasteiger partial charge in [-0.2, -0.15) is 0 Å². The molecule has 0 bridgehead atoms. The van der Waals surface area contributed by atoms with Gasteiger partial charge in [-0.25, -0.2) is 8.78 Å². The molecule has 90 valence electrons. The van der Waals surface area contributed by atoms with Gasteiger partial charge in [0.05, 0.1) is 11.7 Å². The van der Waals surface area contributed by atoms with Crippen molar-refractivity contribution in [3.8, 4) is 0 Å². The second kappa shape index (κ2) is 4.85. The van der Waals surface area contributed by atoms with E-state index in [2.05, 4.69) is 14.9 Å². The number of aromatic nitrogens is 2. The lowest BCUT2D eigenvalue weighted by molar-refractivity contribution is 0.513. The van der Waals surface area contributed by atoms with Gasteiger partial charge in [-0.3, -0.25) is 0 Å². The van der Waals surface area contributed by atoms with Crippen molar-refractivity contribution in [1.29, 1.82) is 0 Å². The first-order valence-electron chi connectivity index (χ1n) is 5.04. The maximum Gasteiger partial charge on any atom is 0.134 e.